The molecule has 0 aromatic heterocycles. The molecule has 3 rings (SSSR count). The normalized spacial score (nSPS) is 22.0. The molecule has 2 saturated heterocycles. The summed E-state index contributed by atoms with van der Waals surface area (Å²) in [5.41, 5.74) is 0.881. The van der Waals surface area contributed by atoms with Crippen molar-refractivity contribution < 1.29 is 9.59 Å². The number of likely N-dealkylation sites (tertiary alicyclic amines) is 1. The first-order chi connectivity index (χ1) is 12.2. The molecule has 3 amide bonds. The highest BCUT2D eigenvalue weighted by molar-refractivity contribution is 6.01. The molecule has 2 heterocycles. The zero-order valence-electron chi connectivity index (χ0n) is 14.5. The molecule has 1 aromatic carbocycles. The van der Waals surface area contributed by atoms with E-state index in [0.717, 1.165) is 38.2 Å². The van der Waals surface area contributed by atoms with Crippen molar-refractivity contribution in [3.8, 4) is 0 Å². The summed E-state index contributed by atoms with van der Waals surface area (Å²) in [6, 6.07) is 9.06. The van der Waals surface area contributed by atoms with Gasteiger partial charge in [-0.2, -0.15) is 0 Å². The lowest BCUT2D eigenvalue weighted by Crippen LogP contribution is -2.51. The van der Waals surface area contributed by atoms with Gasteiger partial charge in [0.15, 0.2) is 0 Å². The number of nitrogens with one attached hydrogen (secondary N) is 2. The number of anilines is 1. The Hall–Kier alpha value is -2.34. The molecule has 0 radical (unpaired) electrons. The molecule has 0 unspecified atom stereocenters. The highest BCUT2D eigenvalue weighted by atomic mass is 16.2. The first-order valence-electron chi connectivity index (χ1n) is 8.94. The highest BCUT2D eigenvalue weighted by Gasteiger charge is 2.34. The van der Waals surface area contributed by atoms with Gasteiger partial charge in [-0.3, -0.25) is 9.69 Å². The Morgan fingerprint density at radius 2 is 1.84 bits per heavy atom. The first kappa shape index (κ1) is 17.5. The quantitative estimate of drug-likeness (QED) is 0.801. The number of rotatable bonds is 5. The van der Waals surface area contributed by atoms with Crippen LogP contribution in [0.15, 0.2) is 43.0 Å². The summed E-state index contributed by atoms with van der Waals surface area (Å²) < 4.78 is 0. The minimum Gasteiger partial charge on any atom is -0.335 e. The number of para-hydroxylation sites is 1. The molecule has 2 N–H and O–H groups in total. The molecule has 0 saturated carbocycles. The van der Waals surface area contributed by atoms with E-state index >= 15 is 0 Å². The van der Waals surface area contributed by atoms with Crippen molar-refractivity contribution in [2.45, 2.75) is 31.3 Å². The number of carbonyl (C=O) groups excluding carboxylic acids is 2. The standard InChI is InChI=1S/C19H26N4O2/c1-2-11-22-12-8-15(9-13-22)20-19(25)21-17-10-14-23(18(17)24)16-6-4-3-5-7-16/h2-7,15,17H,1,8-14H2,(H2,20,21,25)/t17-/m0/s1. The maximum atomic E-state index is 12.5. The van der Waals surface area contributed by atoms with E-state index in [1.807, 2.05) is 36.4 Å². The van der Waals surface area contributed by atoms with Crippen LogP contribution < -0.4 is 15.5 Å². The van der Waals surface area contributed by atoms with E-state index in [1.54, 1.807) is 4.90 Å². The molecule has 0 bridgehead atoms. The summed E-state index contributed by atoms with van der Waals surface area (Å²) in [7, 11) is 0. The third-order valence-corrected chi connectivity index (χ3v) is 4.89. The van der Waals surface area contributed by atoms with E-state index in [9.17, 15) is 9.59 Å². The van der Waals surface area contributed by atoms with E-state index in [4.69, 9.17) is 0 Å². The van der Waals surface area contributed by atoms with Gasteiger partial charge in [-0.25, -0.2) is 4.79 Å². The van der Waals surface area contributed by atoms with Crippen LogP contribution in [0.4, 0.5) is 10.5 Å². The fraction of sp³-hybridized carbons (Fsp3) is 0.474. The van der Waals surface area contributed by atoms with Crippen molar-refractivity contribution in [3.05, 3.63) is 43.0 Å². The molecule has 0 spiro atoms. The maximum Gasteiger partial charge on any atom is 0.315 e. The monoisotopic (exact) mass is 342 g/mol. The van der Waals surface area contributed by atoms with Gasteiger partial charge in [-0.1, -0.05) is 24.3 Å². The van der Waals surface area contributed by atoms with Crippen LogP contribution in [0.3, 0.4) is 0 Å². The Kier molecular flexibility index (Phi) is 5.71. The summed E-state index contributed by atoms with van der Waals surface area (Å²) in [5, 5.41) is 5.85. The lowest BCUT2D eigenvalue weighted by molar-refractivity contribution is -0.118. The van der Waals surface area contributed by atoms with Gasteiger partial charge >= 0.3 is 6.03 Å². The molecule has 1 atom stereocenters. The number of nitrogens with zero attached hydrogens (tertiary/aromatic N) is 2. The molecule has 2 fully saturated rings. The van der Waals surface area contributed by atoms with Crippen LogP contribution in [-0.4, -0.2) is 55.1 Å². The fourth-order valence-electron chi connectivity index (χ4n) is 3.51. The van der Waals surface area contributed by atoms with Gasteiger partial charge in [-0.15, -0.1) is 6.58 Å². The Bertz CT molecular complexity index is 611. The molecule has 2 aliphatic heterocycles. The predicted molar refractivity (Wildman–Crippen MR) is 98.5 cm³/mol. The van der Waals surface area contributed by atoms with Gasteiger partial charge in [-0.05, 0) is 31.4 Å². The second-order valence-electron chi connectivity index (χ2n) is 6.65. The van der Waals surface area contributed by atoms with Crippen molar-refractivity contribution in [1.29, 1.82) is 0 Å². The van der Waals surface area contributed by atoms with Gasteiger partial charge in [0.25, 0.3) is 0 Å². The highest BCUT2D eigenvalue weighted by Crippen LogP contribution is 2.21. The van der Waals surface area contributed by atoms with Crippen molar-refractivity contribution >= 4 is 17.6 Å². The van der Waals surface area contributed by atoms with E-state index in [0.29, 0.717) is 13.0 Å². The molecular weight excluding hydrogens is 316 g/mol. The average Bonchev–Trinajstić information content (AvgIpc) is 2.98. The van der Waals surface area contributed by atoms with Crippen LogP contribution in [0.25, 0.3) is 0 Å². The average molecular weight is 342 g/mol. The Balaban J connectivity index is 1.46. The lowest BCUT2D eigenvalue weighted by atomic mass is 10.1. The van der Waals surface area contributed by atoms with Crippen molar-refractivity contribution in [1.82, 2.24) is 15.5 Å². The van der Waals surface area contributed by atoms with E-state index < -0.39 is 6.04 Å². The number of piperidine rings is 1. The second kappa shape index (κ2) is 8.16. The molecular formula is C19H26N4O2. The molecule has 1 aromatic rings. The SMILES string of the molecule is C=CCN1CCC(NC(=O)N[C@H]2CCN(c3ccccc3)C2=O)CC1. The molecule has 6 heteroatoms. The summed E-state index contributed by atoms with van der Waals surface area (Å²) >= 11 is 0. The number of amides is 3. The van der Waals surface area contributed by atoms with Crippen LogP contribution in [-0.2, 0) is 4.79 Å². The summed E-state index contributed by atoms with van der Waals surface area (Å²) in [4.78, 5) is 28.8. The third kappa shape index (κ3) is 4.39. The third-order valence-electron chi connectivity index (χ3n) is 4.89. The Labute approximate surface area is 148 Å². The van der Waals surface area contributed by atoms with Gasteiger partial charge in [0.1, 0.15) is 6.04 Å². The molecule has 0 aliphatic carbocycles. The van der Waals surface area contributed by atoms with Crippen molar-refractivity contribution in [2.75, 3.05) is 31.1 Å². The summed E-state index contributed by atoms with van der Waals surface area (Å²) in [6.45, 7) is 7.20. The lowest BCUT2D eigenvalue weighted by Gasteiger charge is -2.31. The molecule has 6 nitrogen and oxygen atoms in total. The number of hydrogen-bond acceptors (Lipinski definition) is 3. The smallest absolute Gasteiger partial charge is 0.315 e. The largest absolute Gasteiger partial charge is 0.335 e. The molecule has 134 valence electrons. The topological polar surface area (TPSA) is 64.7 Å². The van der Waals surface area contributed by atoms with Crippen LogP contribution in [0.5, 0.6) is 0 Å². The number of benzene rings is 1. The van der Waals surface area contributed by atoms with Crippen LogP contribution >= 0.6 is 0 Å². The van der Waals surface area contributed by atoms with Crippen LogP contribution in [0.1, 0.15) is 19.3 Å². The fourth-order valence-corrected chi connectivity index (χ4v) is 3.51. The van der Waals surface area contributed by atoms with Gasteiger partial charge in [0.2, 0.25) is 5.91 Å². The number of hydrogen-bond donors (Lipinski definition) is 2. The molecule has 25 heavy (non-hydrogen) atoms. The summed E-state index contributed by atoms with van der Waals surface area (Å²) in [5.74, 6) is -0.0397. The summed E-state index contributed by atoms with van der Waals surface area (Å²) in [6.07, 6.45) is 4.40. The van der Waals surface area contributed by atoms with Gasteiger partial charge in [0.05, 0.1) is 0 Å². The zero-order valence-corrected chi connectivity index (χ0v) is 14.5. The van der Waals surface area contributed by atoms with E-state index in [1.165, 1.54) is 0 Å². The van der Waals surface area contributed by atoms with Crippen LogP contribution in [0.2, 0.25) is 0 Å². The number of carbonyl (C=O) groups is 2. The minimum atomic E-state index is -0.443. The van der Waals surface area contributed by atoms with Crippen molar-refractivity contribution in [2.24, 2.45) is 0 Å². The van der Waals surface area contributed by atoms with Gasteiger partial charge in [0, 0.05) is 37.9 Å². The van der Waals surface area contributed by atoms with Crippen molar-refractivity contribution in [3.63, 3.8) is 0 Å². The molecule has 2 aliphatic rings. The van der Waals surface area contributed by atoms with Crippen LogP contribution in [0, 0.1) is 0 Å². The Morgan fingerprint density at radius 3 is 2.52 bits per heavy atom. The minimum absolute atomic E-state index is 0.0397. The first-order valence-corrected chi connectivity index (χ1v) is 8.94. The van der Waals surface area contributed by atoms with Gasteiger partial charge < -0.3 is 15.5 Å². The van der Waals surface area contributed by atoms with E-state index in [2.05, 4.69) is 22.1 Å². The van der Waals surface area contributed by atoms with E-state index in [-0.39, 0.29) is 18.0 Å². The predicted octanol–water partition coefficient (Wildman–Crippen LogP) is 1.74. The maximum absolute atomic E-state index is 12.5. The number of urea groups is 1. The zero-order chi connectivity index (χ0) is 17.6. The second-order valence-corrected chi connectivity index (χ2v) is 6.65. The Morgan fingerprint density at radius 1 is 1.12 bits per heavy atom.